The van der Waals surface area contributed by atoms with Crippen LogP contribution < -0.4 is 5.73 Å². The van der Waals surface area contributed by atoms with Crippen LogP contribution >= 0.6 is 15.9 Å². The van der Waals surface area contributed by atoms with Crippen molar-refractivity contribution in [2.75, 3.05) is 18.8 Å². The Balaban J connectivity index is 2.31. The Kier molecular flexibility index (Phi) is 4.19. The van der Waals surface area contributed by atoms with Crippen LogP contribution in [0.25, 0.3) is 0 Å². The SMILES string of the molecule is CC(C)(C)C1CCN(S(=O)(=O)c2cc(Br)ccc2N)C1. The predicted octanol–water partition coefficient (Wildman–Crippen LogP) is 3.09. The lowest BCUT2D eigenvalue weighted by Crippen LogP contribution is -2.31. The van der Waals surface area contributed by atoms with Crippen molar-refractivity contribution in [3.05, 3.63) is 22.7 Å². The summed E-state index contributed by atoms with van der Waals surface area (Å²) in [5.41, 5.74) is 6.25. The fourth-order valence-corrected chi connectivity index (χ4v) is 4.68. The zero-order chi connectivity index (χ0) is 15.1. The number of nitrogens with two attached hydrogens (primary N) is 1. The molecule has 2 N–H and O–H groups in total. The number of benzene rings is 1. The highest BCUT2D eigenvalue weighted by atomic mass is 79.9. The molecule has 1 aliphatic heterocycles. The molecule has 0 spiro atoms. The van der Waals surface area contributed by atoms with Crippen LogP contribution in [0.15, 0.2) is 27.6 Å². The van der Waals surface area contributed by atoms with Gasteiger partial charge in [0, 0.05) is 17.6 Å². The minimum absolute atomic E-state index is 0.118. The molecule has 1 heterocycles. The van der Waals surface area contributed by atoms with Crippen LogP contribution in [0.2, 0.25) is 0 Å². The summed E-state index contributed by atoms with van der Waals surface area (Å²) in [7, 11) is -3.51. The van der Waals surface area contributed by atoms with Crippen molar-refractivity contribution in [2.45, 2.75) is 32.1 Å². The van der Waals surface area contributed by atoms with E-state index in [1.807, 2.05) is 0 Å². The van der Waals surface area contributed by atoms with Crippen LogP contribution in [0.5, 0.6) is 0 Å². The van der Waals surface area contributed by atoms with Crippen LogP contribution in [-0.2, 0) is 10.0 Å². The lowest BCUT2D eigenvalue weighted by molar-refractivity contribution is 0.252. The van der Waals surface area contributed by atoms with Gasteiger partial charge < -0.3 is 5.73 Å². The second-order valence-corrected chi connectivity index (χ2v) is 9.22. The van der Waals surface area contributed by atoms with Crippen LogP contribution in [-0.4, -0.2) is 25.8 Å². The van der Waals surface area contributed by atoms with Gasteiger partial charge in [0.1, 0.15) is 4.90 Å². The van der Waals surface area contributed by atoms with E-state index in [4.69, 9.17) is 5.73 Å². The van der Waals surface area contributed by atoms with E-state index in [-0.39, 0.29) is 10.3 Å². The average Bonchev–Trinajstić information content (AvgIpc) is 2.82. The highest BCUT2D eigenvalue weighted by molar-refractivity contribution is 9.10. The van der Waals surface area contributed by atoms with Gasteiger partial charge in [0.25, 0.3) is 0 Å². The van der Waals surface area contributed by atoms with Gasteiger partial charge in [0.2, 0.25) is 10.0 Å². The van der Waals surface area contributed by atoms with Gasteiger partial charge in [-0.2, -0.15) is 4.31 Å². The zero-order valence-electron chi connectivity index (χ0n) is 12.1. The first-order chi connectivity index (χ1) is 9.12. The van der Waals surface area contributed by atoms with Gasteiger partial charge in [0.05, 0.1) is 5.69 Å². The molecule has 0 radical (unpaired) electrons. The summed E-state index contributed by atoms with van der Waals surface area (Å²) in [5.74, 6) is 0.380. The smallest absolute Gasteiger partial charge is 0.245 e. The Morgan fingerprint density at radius 2 is 2.00 bits per heavy atom. The molecule has 4 nitrogen and oxygen atoms in total. The summed E-state index contributed by atoms with van der Waals surface area (Å²) in [6.07, 6.45) is 0.899. The Hall–Kier alpha value is -0.590. The fourth-order valence-electron chi connectivity index (χ4n) is 2.52. The summed E-state index contributed by atoms with van der Waals surface area (Å²) in [4.78, 5) is 0.196. The monoisotopic (exact) mass is 360 g/mol. The Morgan fingerprint density at radius 1 is 1.35 bits per heavy atom. The van der Waals surface area contributed by atoms with E-state index in [1.54, 1.807) is 22.5 Å². The molecule has 1 unspecified atom stereocenters. The predicted molar refractivity (Wildman–Crippen MR) is 84.9 cm³/mol. The summed E-state index contributed by atoms with van der Waals surface area (Å²) >= 11 is 3.30. The molecule has 0 saturated carbocycles. The second-order valence-electron chi connectivity index (χ2n) is 6.40. The molecule has 0 amide bonds. The molecule has 1 saturated heterocycles. The molecule has 112 valence electrons. The normalized spacial score (nSPS) is 21.3. The number of hydrogen-bond acceptors (Lipinski definition) is 3. The van der Waals surface area contributed by atoms with Crippen LogP contribution in [0.4, 0.5) is 5.69 Å². The fraction of sp³-hybridized carbons (Fsp3) is 0.571. The third-order valence-corrected chi connectivity index (χ3v) is 6.38. The molecular formula is C14H21BrN2O2S. The highest BCUT2D eigenvalue weighted by Gasteiger charge is 2.38. The van der Waals surface area contributed by atoms with E-state index in [0.717, 1.165) is 10.9 Å². The lowest BCUT2D eigenvalue weighted by Gasteiger charge is -2.27. The molecule has 2 rings (SSSR count). The van der Waals surface area contributed by atoms with Gasteiger partial charge in [-0.1, -0.05) is 36.7 Å². The number of nitrogen functional groups attached to an aromatic ring is 1. The molecule has 0 aromatic heterocycles. The summed E-state index contributed by atoms with van der Waals surface area (Å²) < 4.78 is 27.7. The molecule has 0 bridgehead atoms. The third kappa shape index (κ3) is 3.02. The van der Waals surface area contributed by atoms with E-state index < -0.39 is 10.0 Å². The molecular weight excluding hydrogens is 340 g/mol. The first-order valence-corrected chi connectivity index (χ1v) is 8.91. The number of rotatable bonds is 2. The number of hydrogen-bond donors (Lipinski definition) is 1. The maximum absolute atomic E-state index is 12.7. The molecule has 6 heteroatoms. The first kappa shape index (κ1) is 15.8. The Bertz CT molecular complexity index is 608. The maximum atomic E-state index is 12.7. The van der Waals surface area contributed by atoms with E-state index in [1.165, 1.54) is 0 Å². The number of sulfonamides is 1. The minimum atomic E-state index is -3.51. The molecule has 1 fully saturated rings. The second kappa shape index (κ2) is 5.31. The topological polar surface area (TPSA) is 63.4 Å². The maximum Gasteiger partial charge on any atom is 0.245 e. The van der Waals surface area contributed by atoms with Crippen molar-refractivity contribution in [1.29, 1.82) is 0 Å². The molecule has 1 atom stereocenters. The van der Waals surface area contributed by atoms with Gasteiger partial charge in [-0.3, -0.25) is 0 Å². The van der Waals surface area contributed by atoms with Crippen molar-refractivity contribution in [1.82, 2.24) is 4.31 Å². The van der Waals surface area contributed by atoms with Gasteiger partial charge in [-0.15, -0.1) is 0 Å². The largest absolute Gasteiger partial charge is 0.398 e. The summed E-state index contributed by atoms with van der Waals surface area (Å²) in [6.45, 7) is 7.60. The third-order valence-electron chi connectivity index (χ3n) is 3.97. The number of anilines is 1. The molecule has 0 aliphatic carbocycles. The molecule has 20 heavy (non-hydrogen) atoms. The van der Waals surface area contributed by atoms with Crippen LogP contribution in [0.3, 0.4) is 0 Å². The van der Waals surface area contributed by atoms with Crippen molar-refractivity contribution in [3.8, 4) is 0 Å². The zero-order valence-corrected chi connectivity index (χ0v) is 14.5. The van der Waals surface area contributed by atoms with E-state index in [0.29, 0.717) is 24.7 Å². The Morgan fingerprint density at radius 3 is 2.55 bits per heavy atom. The average molecular weight is 361 g/mol. The molecule has 1 aromatic rings. The standard InChI is InChI=1S/C14H21BrN2O2S/c1-14(2,3)10-6-7-17(9-10)20(18,19)13-8-11(15)4-5-12(13)16/h4-5,8,10H,6-7,9,16H2,1-3H3. The van der Waals surface area contributed by atoms with E-state index in [2.05, 4.69) is 36.7 Å². The van der Waals surface area contributed by atoms with E-state index >= 15 is 0 Å². The summed E-state index contributed by atoms with van der Waals surface area (Å²) in [5, 5.41) is 0. The van der Waals surface area contributed by atoms with Gasteiger partial charge in [-0.25, -0.2) is 8.42 Å². The minimum Gasteiger partial charge on any atom is -0.398 e. The van der Waals surface area contributed by atoms with Crippen molar-refractivity contribution < 1.29 is 8.42 Å². The van der Waals surface area contributed by atoms with Gasteiger partial charge >= 0.3 is 0 Å². The molecule has 1 aliphatic rings. The summed E-state index contributed by atoms with van der Waals surface area (Å²) in [6, 6.07) is 4.94. The van der Waals surface area contributed by atoms with Crippen molar-refractivity contribution in [2.24, 2.45) is 11.3 Å². The van der Waals surface area contributed by atoms with Gasteiger partial charge in [0.15, 0.2) is 0 Å². The Labute approximate surface area is 129 Å². The van der Waals surface area contributed by atoms with Crippen LogP contribution in [0.1, 0.15) is 27.2 Å². The lowest BCUT2D eigenvalue weighted by atomic mass is 9.80. The quantitative estimate of drug-likeness (QED) is 0.824. The van der Waals surface area contributed by atoms with Gasteiger partial charge in [-0.05, 0) is 36.0 Å². The van der Waals surface area contributed by atoms with E-state index in [9.17, 15) is 8.42 Å². The number of nitrogens with zero attached hydrogens (tertiary/aromatic N) is 1. The van der Waals surface area contributed by atoms with Crippen LogP contribution in [0, 0.1) is 11.3 Å². The van der Waals surface area contributed by atoms with Crippen molar-refractivity contribution in [3.63, 3.8) is 0 Å². The first-order valence-electron chi connectivity index (χ1n) is 6.67. The molecule has 1 aromatic carbocycles. The van der Waals surface area contributed by atoms with Crippen molar-refractivity contribution >= 4 is 31.6 Å². The number of halogens is 1. The highest BCUT2D eigenvalue weighted by Crippen LogP contribution is 2.37.